The number of carbonyl (C=O) groups is 2. The summed E-state index contributed by atoms with van der Waals surface area (Å²) >= 11 is 18.3. The molecule has 1 atom stereocenters. The lowest BCUT2D eigenvalue weighted by atomic mass is 10.1. The van der Waals surface area contributed by atoms with Gasteiger partial charge in [-0.1, -0.05) is 66.0 Å². The molecule has 0 aliphatic rings. The van der Waals surface area contributed by atoms with E-state index >= 15 is 0 Å². The lowest BCUT2D eigenvalue weighted by molar-refractivity contribution is -0.140. The van der Waals surface area contributed by atoms with Crippen molar-refractivity contribution in [1.82, 2.24) is 10.2 Å². The van der Waals surface area contributed by atoms with Crippen LogP contribution in [-0.2, 0) is 22.6 Å². The molecule has 0 aromatic heterocycles. The highest BCUT2D eigenvalue weighted by Gasteiger charge is 2.28. The molecule has 28 heavy (non-hydrogen) atoms. The summed E-state index contributed by atoms with van der Waals surface area (Å²) in [5, 5.41) is 4.18. The molecular formula is C21H23Cl3N2O2. The molecule has 0 heterocycles. The minimum absolute atomic E-state index is 0.108. The second kappa shape index (κ2) is 10.7. The van der Waals surface area contributed by atoms with E-state index in [4.69, 9.17) is 34.8 Å². The van der Waals surface area contributed by atoms with Crippen LogP contribution in [0.1, 0.15) is 31.4 Å². The van der Waals surface area contributed by atoms with Crippen molar-refractivity contribution in [2.45, 2.75) is 39.3 Å². The van der Waals surface area contributed by atoms with Crippen LogP contribution in [0, 0.1) is 0 Å². The second-order valence-corrected chi connectivity index (χ2v) is 7.58. The summed E-state index contributed by atoms with van der Waals surface area (Å²) < 4.78 is 0. The largest absolute Gasteiger partial charge is 0.355 e. The Morgan fingerprint density at radius 1 is 1.00 bits per heavy atom. The van der Waals surface area contributed by atoms with E-state index in [1.54, 1.807) is 29.2 Å². The average molecular weight is 442 g/mol. The zero-order valence-electron chi connectivity index (χ0n) is 15.8. The molecule has 7 heteroatoms. The van der Waals surface area contributed by atoms with Gasteiger partial charge in [0, 0.05) is 18.1 Å². The van der Waals surface area contributed by atoms with Crippen molar-refractivity contribution in [1.29, 1.82) is 0 Å². The van der Waals surface area contributed by atoms with Crippen LogP contribution >= 0.6 is 34.8 Å². The number of benzene rings is 2. The third-order valence-electron chi connectivity index (χ3n) is 4.37. The van der Waals surface area contributed by atoms with Crippen molar-refractivity contribution >= 4 is 46.6 Å². The zero-order chi connectivity index (χ0) is 20.7. The van der Waals surface area contributed by atoms with Crippen molar-refractivity contribution in [2.75, 3.05) is 6.54 Å². The Hall–Kier alpha value is -1.75. The first-order chi connectivity index (χ1) is 13.4. The predicted octanol–water partition coefficient (Wildman–Crippen LogP) is 5.13. The maximum Gasteiger partial charge on any atom is 0.242 e. The maximum atomic E-state index is 13.2. The highest BCUT2D eigenvalue weighted by atomic mass is 35.5. The molecule has 2 rings (SSSR count). The van der Waals surface area contributed by atoms with Crippen LogP contribution in [0.2, 0.25) is 15.1 Å². The molecule has 0 fully saturated rings. The summed E-state index contributed by atoms with van der Waals surface area (Å²) in [5.74, 6) is -0.365. The topological polar surface area (TPSA) is 49.4 Å². The molecule has 0 aliphatic heterocycles. The number of hydrogen-bond donors (Lipinski definition) is 1. The molecule has 0 radical (unpaired) electrons. The van der Waals surface area contributed by atoms with Crippen molar-refractivity contribution in [3.8, 4) is 0 Å². The van der Waals surface area contributed by atoms with Gasteiger partial charge in [0.1, 0.15) is 6.04 Å². The fourth-order valence-corrected chi connectivity index (χ4v) is 3.46. The molecule has 1 N–H and O–H groups in total. The van der Waals surface area contributed by atoms with Crippen LogP contribution in [0.3, 0.4) is 0 Å². The lowest BCUT2D eigenvalue weighted by Crippen LogP contribution is -2.49. The number of rotatable bonds is 8. The Labute approximate surface area is 180 Å². The number of nitrogens with zero attached hydrogens (tertiary/aromatic N) is 1. The number of carbonyl (C=O) groups excluding carboxylic acids is 2. The van der Waals surface area contributed by atoms with E-state index in [0.717, 1.165) is 11.1 Å². The van der Waals surface area contributed by atoms with Gasteiger partial charge >= 0.3 is 0 Å². The summed E-state index contributed by atoms with van der Waals surface area (Å²) in [5.41, 5.74) is 1.52. The van der Waals surface area contributed by atoms with Crippen LogP contribution in [0.4, 0.5) is 0 Å². The SMILES string of the molecule is CCNC(=O)[C@H](CC)N(Cc1ccccc1Cl)C(=O)Cc1ccc(Cl)c(Cl)c1. The summed E-state index contributed by atoms with van der Waals surface area (Å²) in [7, 11) is 0. The minimum Gasteiger partial charge on any atom is -0.355 e. The van der Waals surface area contributed by atoms with Gasteiger partial charge in [-0.3, -0.25) is 9.59 Å². The first-order valence-electron chi connectivity index (χ1n) is 9.11. The van der Waals surface area contributed by atoms with E-state index in [9.17, 15) is 9.59 Å². The van der Waals surface area contributed by atoms with E-state index in [-0.39, 0.29) is 24.8 Å². The van der Waals surface area contributed by atoms with Gasteiger partial charge in [-0.25, -0.2) is 0 Å². The van der Waals surface area contributed by atoms with Crippen molar-refractivity contribution < 1.29 is 9.59 Å². The molecule has 0 aliphatic carbocycles. The molecule has 0 saturated heterocycles. The highest BCUT2D eigenvalue weighted by molar-refractivity contribution is 6.42. The van der Waals surface area contributed by atoms with E-state index < -0.39 is 6.04 Å². The van der Waals surface area contributed by atoms with Gasteiger partial charge in [0.05, 0.1) is 16.5 Å². The van der Waals surface area contributed by atoms with Gasteiger partial charge in [-0.05, 0) is 42.7 Å². The Balaban J connectivity index is 2.32. The number of amides is 2. The van der Waals surface area contributed by atoms with Crippen molar-refractivity contribution in [3.63, 3.8) is 0 Å². The summed E-state index contributed by atoms with van der Waals surface area (Å²) in [4.78, 5) is 27.3. The standard InChI is InChI=1S/C21H23Cl3N2O2/c1-3-19(21(28)25-4-2)26(13-15-7-5-6-8-16(15)22)20(27)12-14-9-10-17(23)18(24)11-14/h5-11,19H,3-4,12-13H2,1-2H3,(H,25,28)/t19-/m0/s1. The fraction of sp³-hybridized carbons (Fsp3) is 0.333. The molecular weight excluding hydrogens is 419 g/mol. The molecule has 0 saturated carbocycles. The molecule has 2 amide bonds. The van der Waals surface area contributed by atoms with E-state index in [1.807, 2.05) is 32.0 Å². The number of halogens is 3. The van der Waals surface area contributed by atoms with Gasteiger partial charge in [0.15, 0.2) is 0 Å². The van der Waals surface area contributed by atoms with E-state index in [2.05, 4.69) is 5.32 Å². The van der Waals surface area contributed by atoms with Gasteiger partial charge in [0.2, 0.25) is 11.8 Å². The van der Waals surface area contributed by atoms with Gasteiger partial charge in [-0.15, -0.1) is 0 Å². The quantitative estimate of drug-likeness (QED) is 0.617. The molecule has 2 aromatic carbocycles. The minimum atomic E-state index is -0.591. The predicted molar refractivity (Wildman–Crippen MR) is 115 cm³/mol. The van der Waals surface area contributed by atoms with Crippen molar-refractivity contribution in [3.05, 3.63) is 68.7 Å². The molecule has 0 bridgehead atoms. The van der Waals surface area contributed by atoms with Crippen LogP contribution in [-0.4, -0.2) is 29.3 Å². The van der Waals surface area contributed by atoms with E-state index in [1.165, 1.54) is 0 Å². The number of likely N-dealkylation sites (N-methyl/N-ethyl adjacent to an activating group) is 1. The molecule has 150 valence electrons. The Morgan fingerprint density at radius 2 is 1.71 bits per heavy atom. The Bertz CT molecular complexity index is 842. The average Bonchev–Trinajstić information content (AvgIpc) is 2.66. The molecule has 0 spiro atoms. The van der Waals surface area contributed by atoms with Crippen molar-refractivity contribution in [2.24, 2.45) is 0 Å². The molecule has 0 unspecified atom stereocenters. The van der Waals surface area contributed by atoms with Crippen LogP contribution in [0.25, 0.3) is 0 Å². The normalized spacial score (nSPS) is 11.8. The Kier molecular flexibility index (Phi) is 8.61. The second-order valence-electron chi connectivity index (χ2n) is 6.36. The molecule has 4 nitrogen and oxygen atoms in total. The van der Waals surface area contributed by atoms with Gasteiger partial charge in [-0.2, -0.15) is 0 Å². The van der Waals surface area contributed by atoms with Gasteiger partial charge in [0.25, 0.3) is 0 Å². The molecule has 2 aromatic rings. The Morgan fingerprint density at radius 3 is 2.32 bits per heavy atom. The first kappa shape index (κ1) is 22.5. The smallest absolute Gasteiger partial charge is 0.242 e. The summed E-state index contributed by atoms with van der Waals surface area (Å²) in [6.07, 6.45) is 0.598. The van der Waals surface area contributed by atoms with Crippen LogP contribution < -0.4 is 5.32 Å². The maximum absolute atomic E-state index is 13.2. The van der Waals surface area contributed by atoms with Gasteiger partial charge < -0.3 is 10.2 Å². The third-order valence-corrected chi connectivity index (χ3v) is 5.48. The third kappa shape index (κ3) is 5.87. The summed E-state index contributed by atoms with van der Waals surface area (Å²) in [6, 6.07) is 11.8. The zero-order valence-corrected chi connectivity index (χ0v) is 18.1. The highest BCUT2D eigenvalue weighted by Crippen LogP contribution is 2.24. The van der Waals surface area contributed by atoms with Crippen LogP contribution in [0.5, 0.6) is 0 Å². The number of hydrogen-bond acceptors (Lipinski definition) is 2. The lowest BCUT2D eigenvalue weighted by Gasteiger charge is -2.31. The fourth-order valence-electron chi connectivity index (χ4n) is 2.95. The number of nitrogens with one attached hydrogen (secondary N) is 1. The monoisotopic (exact) mass is 440 g/mol. The van der Waals surface area contributed by atoms with Crippen LogP contribution in [0.15, 0.2) is 42.5 Å². The van der Waals surface area contributed by atoms with E-state index in [0.29, 0.717) is 28.0 Å². The first-order valence-corrected chi connectivity index (χ1v) is 10.2. The summed E-state index contributed by atoms with van der Waals surface area (Å²) in [6.45, 7) is 4.47.